The van der Waals surface area contributed by atoms with Crippen LogP contribution in [0.15, 0.2) is 53.4 Å². The summed E-state index contributed by atoms with van der Waals surface area (Å²) in [7, 11) is -3.99. The second kappa shape index (κ2) is 5.60. The summed E-state index contributed by atoms with van der Waals surface area (Å²) in [6, 6.07) is 12.6. The number of non-ortho nitro benzene ring substituents is 1. The maximum absolute atomic E-state index is 12.2. The van der Waals surface area contributed by atoms with Crippen molar-refractivity contribution in [1.29, 1.82) is 5.26 Å². The minimum atomic E-state index is -3.99. The van der Waals surface area contributed by atoms with Gasteiger partial charge in [0.15, 0.2) is 0 Å². The van der Waals surface area contributed by atoms with Gasteiger partial charge in [-0.1, -0.05) is 18.2 Å². The van der Waals surface area contributed by atoms with E-state index in [1.54, 1.807) is 12.1 Å². The van der Waals surface area contributed by atoms with Crippen LogP contribution < -0.4 is 4.72 Å². The lowest BCUT2D eigenvalue weighted by Gasteiger charge is -2.09. The van der Waals surface area contributed by atoms with Gasteiger partial charge in [0, 0.05) is 12.1 Å². The Labute approximate surface area is 120 Å². The van der Waals surface area contributed by atoms with Crippen molar-refractivity contribution < 1.29 is 13.3 Å². The van der Waals surface area contributed by atoms with Crippen LogP contribution in [0.1, 0.15) is 5.56 Å². The number of nitrogens with zero attached hydrogens (tertiary/aromatic N) is 2. The lowest BCUT2D eigenvalue weighted by molar-refractivity contribution is -0.384. The van der Waals surface area contributed by atoms with E-state index < -0.39 is 14.9 Å². The zero-order chi connectivity index (χ0) is 15.5. The summed E-state index contributed by atoms with van der Waals surface area (Å²) in [5, 5.41) is 19.6. The number of nitriles is 1. The second-order valence-corrected chi connectivity index (χ2v) is 5.67. The van der Waals surface area contributed by atoms with Crippen LogP contribution in [0.3, 0.4) is 0 Å². The smallest absolute Gasteiger partial charge is 0.271 e. The van der Waals surface area contributed by atoms with Crippen LogP contribution >= 0.6 is 0 Å². The van der Waals surface area contributed by atoms with Gasteiger partial charge in [0.1, 0.15) is 11.0 Å². The predicted octanol–water partition coefficient (Wildman–Crippen LogP) is 2.27. The Morgan fingerprint density at radius 1 is 1.14 bits per heavy atom. The number of hydrogen-bond acceptors (Lipinski definition) is 5. The average molecular weight is 303 g/mol. The van der Waals surface area contributed by atoms with Crippen LogP contribution in [0.4, 0.5) is 11.4 Å². The lowest BCUT2D eigenvalue weighted by atomic mass is 10.2. The van der Waals surface area contributed by atoms with Crippen molar-refractivity contribution in [1.82, 2.24) is 0 Å². The van der Waals surface area contributed by atoms with E-state index in [9.17, 15) is 18.5 Å². The Bertz CT molecular complexity index is 840. The average Bonchev–Trinajstić information content (AvgIpc) is 2.47. The molecule has 8 heteroatoms. The number of benzene rings is 2. The Kier molecular flexibility index (Phi) is 3.86. The van der Waals surface area contributed by atoms with E-state index in [1.807, 2.05) is 0 Å². The molecule has 0 unspecified atom stereocenters. The van der Waals surface area contributed by atoms with Crippen LogP contribution in [-0.2, 0) is 10.0 Å². The third kappa shape index (κ3) is 3.16. The quantitative estimate of drug-likeness (QED) is 0.687. The van der Waals surface area contributed by atoms with Crippen molar-refractivity contribution in [3.63, 3.8) is 0 Å². The molecular formula is C13H9N3O4S. The van der Waals surface area contributed by atoms with Crippen molar-refractivity contribution in [2.75, 3.05) is 4.72 Å². The molecule has 2 aromatic rings. The Hall–Kier alpha value is -2.92. The summed E-state index contributed by atoms with van der Waals surface area (Å²) in [6.45, 7) is 0. The zero-order valence-corrected chi connectivity index (χ0v) is 11.4. The summed E-state index contributed by atoms with van der Waals surface area (Å²) in [5.74, 6) is 0. The van der Waals surface area contributed by atoms with Crippen LogP contribution in [0.25, 0.3) is 0 Å². The summed E-state index contributed by atoms with van der Waals surface area (Å²) in [5.41, 5.74) is -0.184. The first kappa shape index (κ1) is 14.5. The number of nitro groups is 1. The monoisotopic (exact) mass is 303 g/mol. The highest BCUT2D eigenvalue weighted by Crippen LogP contribution is 2.22. The third-order valence-corrected chi connectivity index (χ3v) is 4.05. The first-order chi connectivity index (χ1) is 9.94. The van der Waals surface area contributed by atoms with E-state index in [0.29, 0.717) is 0 Å². The van der Waals surface area contributed by atoms with E-state index >= 15 is 0 Å². The fourth-order valence-electron chi connectivity index (χ4n) is 1.69. The molecule has 0 amide bonds. The molecule has 0 fully saturated rings. The first-order valence-corrected chi connectivity index (χ1v) is 7.19. The topological polar surface area (TPSA) is 113 Å². The van der Waals surface area contributed by atoms with E-state index in [0.717, 1.165) is 6.07 Å². The minimum absolute atomic E-state index is 0.00423. The van der Waals surface area contributed by atoms with Gasteiger partial charge in [-0.2, -0.15) is 5.26 Å². The Morgan fingerprint density at radius 2 is 1.86 bits per heavy atom. The molecule has 0 saturated carbocycles. The Morgan fingerprint density at radius 3 is 2.52 bits per heavy atom. The van der Waals surface area contributed by atoms with Crippen molar-refractivity contribution in [2.45, 2.75) is 4.90 Å². The highest BCUT2D eigenvalue weighted by molar-refractivity contribution is 7.92. The summed E-state index contributed by atoms with van der Waals surface area (Å²) in [4.78, 5) is 9.87. The molecule has 21 heavy (non-hydrogen) atoms. The molecule has 0 radical (unpaired) electrons. The van der Waals surface area contributed by atoms with Gasteiger partial charge in [0.2, 0.25) is 0 Å². The summed E-state index contributed by atoms with van der Waals surface area (Å²) < 4.78 is 26.7. The molecule has 0 aliphatic carbocycles. The molecular weight excluding hydrogens is 294 g/mol. The fourth-order valence-corrected chi connectivity index (χ4v) is 2.89. The molecule has 0 heterocycles. The van der Waals surface area contributed by atoms with Crippen molar-refractivity contribution >= 4 is 21.4 Å². The molecule has 106 valence electrons. The number of anilines is 1. The number of nitro benzene ring substituents is 1. The number of nitrogens with one attached hydrogen (secondary N) is 1. The maximum Gasteiger partial charge on any atom is 0.271 e. The van der Waals surface area contributed by atoms with Crippen LogP contribution in [0.2, 0.25) is 0 Å². The molecule has 0 atom stereocenters. The normalized spacial score (nSPS) is 10.6. The molecule has 0 saturated heterocycles. The molecule has 0 aliphatic heterocycles. The fraction of sp³-hybridized carbons (Fsp3) is 0. The number of sulfonamides is 1. The van der Waals surface area contributed by atoms with Gasteiger partial charge < -0.3 is 0 Å². The highest BCUT2D eigenvalue weighted by atomic mass is 32.2. The lowest BCUT2D eigenvalue weighted by Crippen LogP contribution is -2.14. The predicted molar refractivity (Wildman–Crippen MR) is 75.1 cm³/mol. The van der Waals surface area contributed by atoms with Gasteiger partial charge in [0.25, 0.3) is 15.7 Å². The van der Waals surface area contributed by atoms with E-state index in [-0.39, 0.29) is 21.8 Å². The second-order valence-electron chi connectivity index (χ2n) is 4.02. The molecule has 0 spiro atoms. The van der Waals surface area contributed by atoms with Crippen LogP contribution in [0.5, 0.6) is 0 Å². The standard InChI is InChI=1S/C13H9N3O4S/c14-9-10-4-1-2-7-13(10)21(19,20)15-11-5-3-6-12(8-11)16(17)18/h1-8,15H. The molecule has 1 N–H and O–H groups in total. The third-order valence-electron chi connectivity index (χ3n) is 2.61. The molecule has 7 nitrogen and oxygen atoms in total. The summed E-state index contributed by atoms with van der Waals surface area (Å²) in [6.07, 6.45) is 0. The first-order valence-electron chi connectivity index (χ1n) is 5.70. The zero-order valence-electron chi connectivity index (χ0n) is 10.6. The molecule has 0 aliphatic rings. The van der Waals surface area contributed by atoms with E-state index in [2.05, 4.69) is 4.72 Å². The molecule has 0 aromatic heterocycles. The van der Waals surface area contributed by atoms with Crippen LogP contribution in [-0.4, -0.2) is 13.3 Å². The number of rotatable bonds is 4. The minimum Gasteiger partial charge on any atom is -0.279 e. The van der Waals surface area contributed by atoms with Crippen LogP contribution in [0, 0.1) is 21.4 Å². The SMILES string of the molecule is N#Cc1ccccc1S(=O)(=O)Nc1cccc([N+](=O)[O-])c1. The number of hydrogen-bond donors (Lipinski definition) is 1. The molecule has 2 aromatic carbocycles. The van der Waals surface area contributed by atoms with Crippen molar-refractivity contribution in [2.24, 2.45) is 0 Å². The molecule has 0 bridgehead atoms. The molecule has 2 rings (SSSR count). The van der Waals surface area contributed by atoms with E-state index in [4.69, 9.17) is 5.26 Å². The van der Waals surface area contributed by atoms with Gasteiger partial charge in [-0.25, -0.2) is 8.42 Å². The largest absolute Gasteiger partial charge is 0.279 e. The van der Waals surface area contributed by atoms with Crippen molar-refractivity contribution in [3.05, 3.63) is 64.2 Å². The summed E-state index contributed by atoms with van der Waals surface area (Å²) >= 11 is 0. The maximum atomic E-state index is 12.2. The van der Waals surface area contributed by atoms with Gasteiger partial charge in [-0.15, -0.1) is 0 Å². The van der Waals surface area contributed by atoms with Crippen molar-refractivity contribution in [3.8, 4) is 6.07 Å². The van der Waals surface area contributed by atoms with Gasteiger partial charge in [0.05, 0.1) is 16.2 Å². The highest BCUT2D eigenvalue weighted by Gasteiger charge is 2.19. The van der Waals surface area contributed by atoms with E-state index in [1.165, 1.54) is 36.4 Å². The Balaban J connectivity index is 2.41. The van der Waals surface area contributed by atoms with Gasteiger partial charge >= 0.3 is 0 Å². The van der Waals surface area contributed by atoms with Gasteiger partial charge in [-0.3, -0.25) is 14.8 Å². The van der Waals surface area contributed by atoms with Gasteiger partial charge in [-0.05, 0) is 18.2 Å².